The van der Waals surface area contributed by atoms with Crippen molar-refractivity contribution in [3.63, 3.8) is 0 Å². The first-order valence-corrected chi connectivity index (χ1v) is 9.69. The van der Waals surface area contributed by atoms with Crippen molar-refractivity contribution in [1.29, 1.82) is 0 Å². The highest BCUT2D eigenvalue weighted by Crippen LogP contribution is 2.41. The number of aromatic nitrogens is 1. The van der Waals surface area contributed by atoms with Crippen LogP contribution in [0.2, 0.25) is 0 Å². The molecule has 0 aromatic carbocycles. The van der Waals surface area contributed by atoms with Crippen molar-refractivity contribution in [2.75, 3.05) is 19.0 Å². The molecule has 124 valence electrons. The number of carbonyl (C=O) groups excluding carboxylic acids is 2. The van der Waals surface area contributed by atoms with Crippen molar-refractivity contribution < 1.29 is 9.59 Å². The van der Waals surface area contributed by atoms with Crippen LogP contribution < -0.4 is 8.96 Å². The highest BCUT2D eigenvalue weighted by molar-refractivity contribution is 7.27. The van der Waals surface area contributed by atoms with E-state index in [1.807, 2.05) is 14.1 Å². The largest absolute Gasteiger partial charge is 0.354 e. The lowest BCUT2D eigenvalue weighted by molar-refractivity contribution is -0.113. The number of nitrogens with zero attached hydrogens (tertiary/aromatic N) is 2. The minimum absolute atomic E-state index is 0.0175. The Morgan fingerprint density at radius 2 is 1.54 bits per heavy atom. The van der Waals surface area contributed by atoms with Gasteiger partial charge in [-0.15, -0.1) is 0 Å². The Morgan fingerprint density at radius 3 is 2.00 bits per heavy atom. The van der Waals surface area contributed by atoms with Gasteiger partial charge in [-0.1, -0.05) is 57.2 Å². The fourth-order valence-electron chi connectivity index (χ4n) is 2.02. The zero-order valence-electron chi connectivity index (χ0n) is 12.3. The standard InChI is InChI=1S/C14H8Cl2N2O3S3/c1-18(2)13-17-3-5(23-13)7-9(15)12(20)8(10(16)11(7)19)6-4-22-14(21)24-6/h3-4H,1-2H3. The zero-order valence-corrected chi connectivity index (χ0v) is 16.2. The predicted molar refractivity (Wildman–Crippen MR) is 100 cm³/mol. The molecule has 0 saturated carbocycles. The lowest BCUT2D eigenvalue weighted by Gasteiger charge is -2.16. The molecule has 2 aromatic rings. The maximum absolute atomic E-state index is 12.7. The van der Waals surface area contributed by atoms with Crippen LogP contribution in [0.3, 0.4) is 0 Å². The van der Waals surface area contributed by atoms with Crippen LogP contribution in [0.4, 0.5) is 5.13 Å². The fourth-order valence-corrected chi connectivity index (χ4v) is 5.33. The van der Waals surface area contributed by atoms with Crippen LogP contribution in [-0.4, -0.2) is 30.6 Å². The molecule has 2 aromatic heterocycles. The molecule has 0 fully saturated rings. The summed E-state index contributed by atoms with van der Waals surface area (Å²) in [5.74, 6) is -1.11. The lowest BCUT2D eigenvalue weighted by atomic mass is 9.95. The van der Waals surface area contributed by atoms with Crippen molar-refractivity contribution in [2.45, 2.75) is 0 Å². The van der Waals surface area contributed by atoms with Gasteiger partial charge in [0.1, 0.15) is 10.1 Å². The van der Waals surface area contributed by atoms with Gasteiger partial charge in [0, 0.05) is 25.7 Å². The Kier molecular flexibility index (Phi) is 4.76. The van der Waals surface area contributed by atoms with Crippen molar-refractivity contribution in [3.05, 3.63) is 40.2 Å². The quantitative estimate of drug-likeness (QED) is 0.713. The highest BCUT2D eigenvalue weighted by Gasteiger charge is 2.36. The zero-order chi connectivity index (χ0) is 17.6. The topological polar surface area (TPSA) is 67.3 Å². The summed E-state index contributed by atoms with van der Waals surface area (Å²) in [7, 11) is 3.63. The number of allylic oxidation sites excluding steroid dienone is 4. The number of thiazole rings is 1. The van der Waals surface area contributed by atoms with Gasteiger partial charge in [0.2, 0.25) is 11.6 Å². The molecule has 0 N–H and O–H groups in total. The molecular formula is C14H8Cl2N2O3S3. The van der Waals surface area contributed by atoms with Gasteiger partial charge in [-0.3, -0.25) is 14.4 Å². The Balaban J connectivity index is 2.11. The SMILES string of the molecule is CN(C)c1ncc(C2=C(Cl)C(=O)C(c3csc(=O)s3)=C(Cl)C2=O)s1. The number of rotatable bonds is 3. The summed E-state index contributed by atoms with van der Waals surface area (Å²) < 4.78 is -0.189. The van der Waals surface area contributed by atoms with Crippen molar-refractivity contribution >= 4 is 85.1 Å². The molecule has 0 radical (unpaired) electrons. The Labute approximate surface area is 158 Å². The molecule has 10 heteroatoms. The normalized spacial score (nSPS) is 15.5. The molecule has 24 heavy (non-hydrogen) atoms. The monoisotopic (exact) mass is 418 g/mol. The van der Waals surface area contributed by atoms with E-state index in [4.69, 9.17) is 23.2 Å². The van der Waals surface area contributed by atoms with Gasteiger partial charge in [-0.2, -0.15) is 0 Å². The molecule has 2 heterocycles. The molecule has 0 spiro atoms. The third kappa shape index (κ3) is 2.89. The van der Waals surface area contributed by atoms with Gasteiger partial charge < -0.3 is 4.90 Å². The minimum Gasteiger partial charge on any atom is -0.354 e. The van der Waals surface area contributed by atoms with E-state index < -0.39 is 11.6 Å². The van der Waals surface area contributed by atoms with Crippen LogP contribution in [0.15, 0.2) is 26.4 Å². The molecule has 0 atom stereocenters. The highest BCUT2D eigenvalue weighted by atomic mass is 35.5. The first-order valence-electron chi connectivity index (χ1n) is 6.42. The Bertz CT molecular complexity index is 981. The molecule has 0 saturated heterocycles. The van der Waals surface area contributed by atoms with Crippen molar-refractivity contribution in [2.24, 2.45) is 0 Å². The number of ketones is 2. The number of hydrogen-bond acceptors (Lipinski definition) is 8. The van der Waals surface area contributed by atoms with Gasteiger partial charge in [-0.25, -0.2) is 4.98 Å². The number of anilines is 1. The summed E-state index contributed by atoms with van der Waals surface area (Å²) in [5.41, 5.74) is 0.0275. The fraction of sp³-hybridized carbons (Fsp3) is 0.143. The molecule has 0 bridgehead atoms. The number of carbonyl (C=O) groups is 2. The van der Waals surface area contributed by atoms with Gasteiger partial charge in [0.15, 0.2) is 5.13 Å². The molecule has 3 rings (SSSR count). The van der Waals surface area contributed by atoms with E-state index in [2.05, 4.69) is 4.98 Å². The number of Topliss-reactive ketones (excluding diaryl/α,β-unsaturated/α-hetero) is 2. The number of hydrogen-bond donors (Lipinski definition) is 0. The van der Waals surface area contributed by atoms with Crippen LogP contribution in [-0.2, 0) is 9.59 Å². The van der Waals surface area contributed by atoms with Crippen molar-refractivity contribution in [1.82, 2.24) is 4.98 Å². The molecule has 1 aliphatic carbocycles. The van der Waals surface area contributed by atoms with E-state index in [-0.39, 0.29) is 25.3 Å². The average molecular weight is 419 g/mol. The van der Waals surface area contributed by atoms with Crippen LogP contribution in [0.1, 0.15) is 9.75 Å². The van der Waals surface area contributed by atoms with Crippen LogP contribution in [0.5, 0.6) is 0 Å². The minimum atomic E-state index is -0.565. The smallest absolute Gasteiger partial charge is 0.287 e. The summed E-state index contributed by atoms with van der Waals surface area (Å²) in [6, 6.07) is 0. The maximum atomic E-state index is 12.7. The third-order valence-electron chi connectivity index (χ3n) is 3.12. The second kappa shape index (κ2) is 6.53. The summed E-state index contributed by atoms with van der Waals surface area (Å²) >= 11 is 15.4. The summed E-state index contributed by atoms with van der Waals surface area (Å²) in [6.45, 7) is 0. The van der Waals surface area contributed by atoms with Gasteiger partial charge >= 0.3 is 0 Å². The molecule has 0 unspecified atom stereocenters. The average Bonchev–Trinajstić information content (AvgIpc) is 3.16. The van der Waals surface area contributed by atoms with Gasteiger partial charge in [0.25, 0.3) is 4.06 Å². The second-order valence-corrected chi connectivity index (χ2v) is 8.77. The predicted octanol–water partition coefficient (Wildman–Crippen LogP) is 3.44. The maximum Gasteiger partial charge on any atom is 0.287 e. The van der Waals surface area contributed by atoms with E-state index in [1.165, 1.54) is 22.9 Å². The lowest BCUT2D eigenvalue weighted by Crippen LogP contribution is -2.17. The van der Waals surface area contributed by atoms with E-state index in [9.17, 15) is 14.4 Å². The number of halogens is 2. The molecule has 1 aliphatic rings. The van der Waals surface area contributed by atoms with Crippen molar-refractivity contribution in [3.8, 4) is 0 Å². The Morgan fingerprint density at radius 1 is 0.958 bits per heavy atom. The second-order valence-electron chi connectivity index (χ2n) is 4.89. The summed E-state index contributed by atoms with van der Waals surface area (Å²) in [5, 5.41) is 1.73. The van der Waals surface area contributed by atoms with E-state index >= 15 is 0 Å². The van der Waals surface area contributed by atoms with E-state index in [1.54, 1.807) is 4.90 Å². The van der Waals surface area contributed by atoms with Crippen LogP contribution in [0.25, 0.3) is 11.1 Å². The summed E-state index contributed by atoms with van der Waals surface area (Å²) in [6.07, 6.45) is 1.49. The summed E-state index contributed by atoms with van der Waals surface area (Å²) in [4.78, 5) is 43.4. The van der Waals surface area contributed by atoms with Gasteiger partial charge in [0.05, 0.1) is 20.9 Å². The first kappa shape index (κ1) is 17.5. The van der Waals surface area contributed by atoms with Crippen LogP contribution in [0, 0.1) is 0 Å². The molecule has 0 amide bonds. The van der Waals surface area contributed by atoms with E-state index in [0.717, 1.165) is 22.7 Å². The van der Waals surface area contributed by atoms with E-state index in [0.29, 0.717) is 14.9 Å². The van der Waals surface area contributed by atoms with Gasteiger partial charge in [-0.05, 0) is 0 Å². The molecule has 5 nitrogen and oxygen atoms in total. The Hall–Kier alpha value is -1.32. The molecule has 0 aliphatic heterocycles. The third-order valence-corrected chi connectivity index (χ3v) is 6.96. The molecular weight excluding hydrogens is 411 g/mol. The first-order chi connectivity index (χ1) is 11.3. The van der Waals surface area contributed by atoms with Crippen LogP contribution >= 0.6 is 57.2 Å².